The Morgan fingerprint density at radius 2 is 0.345 bits per heavy atom. The quantitative estimate of drug-likeness (QED) is 0.0472. The molecule has 0 fully saturated rings. The monoisotopic (exact) mass is 1110 g/mol. The van der Waals surface area contributed by atoms with Crippen molar-refractivity contribution in [1.29, 1.82) is 0 Å². The van der Waals surface area contributed by atoms with Crippen molar-refractivity contribution in [1.82, 2.24) is 0 Å². The Morgan fingerprint density at radius 3 is 0.464 bits per heavy atom. The third kappa shape index (κ3) is 11.4. The highest BCUT2D eigenvalue weighted by Crippen LogP contribution is 2.49. The fourth-order valence-corrected chi connectivity index (χ4v) is 11.2. The van der Waals surface area contributed by atoms with Crippen LogP contribution in [0, 0.1) is 0 Å². The molecule has 0 amide bonds. The predicted molar refractivity (Wildman–Crippen MR) is 325 cm³/mol. The summed E-state index contributed by atoms with van der Waals surface area (Å²) in [5.74, 6) is -6.45. The van der Waals surface area contributed by atoms with Crippen LogP contribution in [0.1, 0.15) is 99.6 Å². The minimum absolute atomic E-state index is 0.111. The minimum atomic E-state index is -1.07. The van der Waals surface area contributed by atoms with Gasteiger partial charge in [0.1, 0.15) is 0 Å². The summed E-state index contributed by atoms with van der Waals surface area (Å²) in [6.45, 7) is 6.30. The van der Waals surface area contributed by atoms with Gasteiger partial charge in [-0.3, -0.25) is 0 Å². The van der Waals surface area contributed by atoms with Gasteiger partial charge in [-0.1, -0.05) is 93.6 Å². The van der Waals surface area contributed by atoms with Gasteiger partial charge in [-0.15, -0.1) is 0 Å². The van der Waals surface area contributed by atoms with E-state index in [9.17, 15) is 59.4 Å². The number of aromatic carboxylic acids is 6. The first-order valence-corrected chi connectivity index (χ1v) is 27.1. The van der Waals surface area contributed by atoms with Gasteiger partial charge in [0, 0.05) is 0 Å². The Labute approximate surface area is 483 Å². The SMILES string of the molecule is CCc1c(-c2cc(-c3ccc(C(=O)O)cc3)cc(-c3ccc(C(=O)O)cc3)c2)c(CC)c(-c2cc(-c3ccc(C(=O)O)cc3)cc(-c3ccc(C(=O)O)cc3)c2)c(CC)c1-c1cc(-c2ccc(C(=O)O)cc2)cc(-c2ccc(C(=O)O)cc2)c1. The highest BCUT2D eigenvalue weighted by atomic mass is 16.4. The van der Waals surface area contributed by atoms with Gasteiger partial charge in [-0.05, 0) is 263 Å². The van der Waals surface area contributed by atoms with E-state index in [-0.39, 0.29) is 33.4 Å². The molecule has 0 aliphatic heterocycles. The summed E-state index contributed by atoms with van der Waals surface area (Å²) in [5, 5.41) is 59.5. The van der Waals surface area contributed by atoms with Crippen LogP contribution in [0.25, 0.3) is 100 Å². The Balaban J connectivity index is 1.36. The Morgan fingerprint density at radius 1 is 0.214 bits per heavy atom. The topological polar surface area (TPSA) is 224 Å². The highest BCUT2D eigenvalue weighted by molar-refractivity contribution is 5.99. The van der Waals surface area contributed by atoms with Gasteiger partial charge in [0.05, 0.1) is 33.4 Å². The molecule has 10 aromatic rings. The number of carbonyl (C=O) groups is 6. The molecule has 84 heavy (non-hydrogen) atoms. The molecule has 0 heterocycles. The van der Waals surface area contributed by atoms with Gasteiger partial charge in [-0.2, -0.15) is 0 Å². The number of benzene rings is 10. The molecular weight excluding hydrogens is 1060 g/mol. The molecule has 12 nitrogen and oxygen atoms in total. The average molecular weight is 1110 g/mol. The summed E-state index contributed by atoms with van der Waals surface area (Å²) in [5.41, 5.74) is 17.6. The number of carboxylic acids is 6. The van der Waals surface area contributed by atoms with Crippen molar-refractivity contribution in [2.75, 3.05) is 0 Å². The molecule has 0 spiro atoms. The fourth-order valence-electron chi connectivity index (χ4n) is 11.2. The maximum absolute atomic E-state index is 12.1. The molecule has 6 N–H and O–H groups in total. The van der Waals surface area contributed by atoms with Gasteiger partial charge in [-0.25, -0.2) is 28.8 Å². The van der Waals surface area contributed by atoms with Crippen LogP contribution in [-0.4, -0.2) is 66.5 Å². The van der Waals surface area contributed by atoms with Crippen molar-refractivity contribution in [2.45, 2.75) is 40.0 Å². The van der Waals surface area contributed by atoms with E-state index in [1.54, 1.807) is 146 Å². The zero-order chi connectivity index (χ0) is 59.5. The van der Waals surface area contributed by atoms with Crippen LogP contribution in [0.5, 0.6) is 0 Å². The second-order valence-corrected chi connectivity index (χ2v) is 20.3. The molecule has 0 aromatic heterocycles. The van der Waals surface area contributed by atoms with Crippen LogP contribution >= 0.6 is 0 Å². The van der Waals surface area contributed by atoms with Crippen molar-refractivity contribution in [3.05, 3.63) is 250 Å². The molecule has 0 saturated heterocycles. The van der Waals surface area contributed by atoms with Crippen LogP contribution < -0.4 is 0 Å². The first kappa shape index (κ1) is 56.3. The molecule has 10 rings (SSSR count). The van der Waals surface area contributed by atoms with Crippen LogP contribution in [0.3, 0.4) is 0 Å². The molecule has 0 bridgehead atoms. The summed E-state index contributed by atoms with van der Waals surface area (Å²) >= 11 is 0. The zero-order valence-electron chi connectivity index (χ0n) is 45.8. The van der Waals surface area contributed by atoms with E-state index in [1.165, 1.54) is 0 Å². The second-order valence-electron chi connectivity index (χ2n) is 20.3. The molecule has 414 valence electrons. The van der Waals surface area contributed by atoms with Crippen LogP contribution in [-0.2, 0) is 19.3 Å². The third-order valence-electron chi connectivity index (χ3n) is 15.3. The summed E-state index contributed by atoms with van der Waals surface area (Å²) in [6.07, 6.45) is 1.51. The van der Waals surface area contributed by atoms with Gasteiger partial charge in [0.25, 0.3) is 0 Å². The Kier molecular flexibility index (Phi) is 15.8. The van der Waals surface area contributed by atoms with Crippen molar-refractivity contribution < 1.29 is 59.4 Å². The first-order valence-electron chi connectivity index (χ1n) is 27.1. The molecule has 0 unspecified atom stereocenters. The van der Waals surface area contributed by atoms with E-state index in [0.29, 0.717) is 19.3 Å². The second kappa shape index (κ2) is 23.6. The van der Waals surface area contributed by atoms with E-state index in [1.807, 2.05) is 18.2 Å². The molecule has 0 aliphatic rings. The predicted octanol–water partition coefficient (Wildman–Crippen LogP) is 16.6. The van der Waals surface area contributed by atoms with Gasteiger partial charge in [0.15, 0.2) is 0 Å². The maximum Gasteiger partial charge on any atom is 0.335 e. The van der Waals surface area contributed by atoms with Gasteiger partial charge in [0.2, 0.25) is 0 Å². The number of rotatable bonds is 18. The molecule has 0 aliphatic carbocycles. The molecule has 0 radical (unpaired) electrons. The lowest BCUT2D eigenvalue weighted by molar-refractivity contribution is 0.0686. The van der Waals surface area contributed by atoms with E-state index in [0.717, 1.165) is 117 Å². The molecular formula is C72H54O12. The van der Waals surface area contributed by atoms with Crippen LogP contribution in [0.4, 0.5) is 0 Å². The van der Waals surface area contributed by atoms with Gasteiger partial charge >= 0.3 is 35.8 Å². The summed E-state index contributed by atoms with van der Waals surface area (Å²) < 4.78 is 0. The Bertz CT molecular complexity index is 3570. The summed E-state index contributed by atoms with van der Waals surface area (Å²) in [6, 6.07) is 58.3. The number of carboxylic acid groups (broad SMARTS) is 6. The summed E-state index contributed by atoms with van der Waals surface area (Å²) in [7, 11) is 0. The van der Waals surface area contributed by atoms with Crippen molar-refractivity contribution in [3.63, 3.8) is 0 Å². The summed E-state index contributed by atoms with van der Waals surface area (Å²) in [4.78, 5) is 72.7. The smallest absolute Gasteiger partial charge is 0.335 e. The lowest BCUT2D eigenvalue weighted by atomic mass is 9.75. The Hall–Kier alpha value is -11.0. The average Bonchev–Trinajstić information content (AvgIpc) is 1.20. The molecule has 10 aromatic carbocycles. The normalized spacial score (nSPS) is 11.0. The molecule has 0 atom stereocenters. The molecule has 12 heteroatoms. The van der Waals surface area contributed by atoms with E-state index in [2.05, 4.69) is 57.2 Å². The van der Waals surface area contributed by atoms with E-state index in [4.69, 9.17) is 0 Å². The van der Waals surface area contributed by atoms with Gasteiger partial charge < -0.3 is 30.6 Å². The maximum atomic E-state index is 12.1. The first-order chi connectivity index (χ1) is 40.4. The standard InChI is InChI=1S/C72H54O12/c1-4-61-64(58-34-52(40-7-19-46(20-8-40)67(73)74)31-53(35-58)41-9-21-47(22-10-41)68(75)76)62(5-2)66(60-38-56(44-15-27-50(28-16-44)71(81)82)33-57(39-60)45-17-29-51(30-18-45)72(83)84)63(6-3)65(61)59-36-54(42-11-23-48(24-12-42)69(77)78)32-55(37-59)43-13-25-49(26-14-43)70(79)80/h7-39H,4-6H2,1-3H3,(H,73,74)(H,75,76)(H,77,78)(H,79,80)(H,81,82)(H,83,84). The van der Waals surface area contributed by atoms with Crippen molar-refractivity contribution in [3.8, 4) is 100 Å². The van der Waals surface area contributed by atoms with E-state index >= 15 is 0 Å². The lowest BCUT2D eigenvalue weighted by Gasteiger charge is -2.28. The lowest BCUT2D eigenvalue weighted by Crippen LogP contribution is -2.07. The highest BCUT2D eigenvalue weighted by Gasteiger charge is 2.27. The molecule has 0 saturated carbocycles. The number of hydrogen-bond acceptors (Lipinski definition) is 6. The fraction of sp³-hybridized carbons (Fsp3) is 0.0833. The number of hydrogen-bond donors (Lipinski definition) is 6. The minimum Gasteiger partial charge on any atom is -0.478 e. The largest absolute Gasteiger partial charge is 0.478 e. The van der Waals surface area contributed by atoms with Crippen molar-refractivity contribution >= 4 is 35.8 Å². The third-order valence-corrected chi connectivity index (χ3v) is 15.3. The van der Waals surface area contributed by atoms with Crippen molar-refractivity contribution in [2.24, 2.45) is 0 Å². The van der Waals surface area contributed by atoms with Crippen LogP contribution in [0.2, 0.25) is 0 Å². The zero-order valence-corrected chi connectivity index (χ0v) is 45.8. The van der Waals surface area contributed by atoms with E-state index < -0.39 is 35.8 Å². The van der Waals surface area contributed by atoms with Crippen LogP contribution in [0.15, 0.2) is 200 Å².